The van der Waals surface area contributed by atoms with Crippen LogP contribution in [0.25, 0.3) is 0 Å². The average Bonchev–Trinajstić information content (AvgIpc) is 2.49. The highest BCUT2D eigenvalue weighted by Crippen LogP contribution is 2.30. The minimum absolute atomic E-state index is 0.463. The molecule has 0 saturated carbocycles. The van der Waals surface area contributed by atoms with Crippen molar-refractivity contribution in [2.75, 3.05) is 39.6 Å². The Morgan fingerprint density at radius 2 is 1.33 bits per heavy atom. The Kier molecular flexibility index (Phi) is 12.6. The molecular weight excluding hydrogens is 272 g/mol. The van der Waals surface area contributed by atoms with Crippen molar-refractivity contribution in [3.63, 3.8) is 0 Å². The van der Waals surface area contributed by atoms with Crippen molar-refractivity contribution in [1.82, 2.24) is 0 Å². The van der Waals surface area contributed by atoms with Gasteiger partial charge in [-0.15, -0.1) is 0 Å². The lowest BCUT2D eigenvalue weighted by Gasteiger charge is -2.26. The van der Waals surface area contributed by atoms with Crippen LogP contribution in [0.5, 0.6) is 0 Å². The van der Waals surface area contributed by atoms with Crippen molar-refractivity contribution in [2.45, 2.75) is 52.9 Å². The molecule has 0 aliphatic carbocycles. The van der Waals surface area contributed by atoms with E-state index in [1.165, 1.54) is 0 Å². The number of hydrogen-bond acceptors (Lipinski definition) is 4. The van der Waals surface area contributed by atoms with Crippen molar-refractivity contribution >= 4 is 5.97 Å². The predicted octanol–water partition coefficient (Wildman–Crippen LogP) is 3.12. The van der Waals surface area contributed by atoms with Crippen LogP contribution in [-0.2, 0) is 19.0 Å². The third kappa shape index (κ3) is 9.06. The summed E-state index contributed by atoms with van der Waals surface area (Å²) in [6.07, 6.45) is 4.04. The highest BCUT2D eigenvalue weighted by molar-refractivity contribution is 5.74. The molecular formula is C16H32O5. The Hall–Kier alpha value is -0.650. The first-order valence-corrected chi connectivity index (χ1v) is 8.09. The normalized spacial score (nSPS) is 11.8. The van der Waals surface area contributed by atoms with Crippen molar-refractivity contribution in [1.29, 1.82) is 0 Å². The third-order valence-corrected chi connectivity index (χ3v) is 3.92. The molecule has 0 heterocycles. The van der Waals surface area contributed by atoms with E-state index >= 15 is 0 Å². The fourth-order valence-corrected chi connectivity index (χ4v) is 2.07. The summed E-state index contributed by atoms with van der Waals surface area (Å²) in [6.45, 7) is 9.44. The van der Waals surface area contributed by atoms with Gasteiger partial charge in [0.05, 0.1) is 31.8 Å². The van der Waals surface area contributed by atoms with Gasteiger partial charge >= 0.3 is 5.97 Å². The third-order valence-electron chi connectivity index (χ3n) is 3.92. The molecule has 0 spiro atoms. The zero-order valence-corrected chi connectivity index (χ0v) is 13.9. The topological polar surface area (TPSA) is 65.0 Å². The molecule has 0 bridgehead atoms. The van der Waals surface area contributed by atoms with E-state index < -0.39 is 11.4 Å². The second-order valence-corrected chi connectivity index (χ2v) is 5.23. The molecule has 1 N–H and O–H groups in total. The van der Waals surface area contributed by atoms with Crippen LogP contribution in [0.4, 0.5) is 0 Å². The summed E-state index contributed by atoms with van der Waals surface area (Å²) in [5.41, 5.74) is -0.645. The predicted molar refractivity (Wildman–Crippen MR) is 82.6 cm³/mol. The van der Waals surface area contributed by atoms with Gasteiger partial charge in [0.1, 0.15) is 0 Å². The summed E-state index contributed by atoms with van der Waals surface area (Å²) in [6, 6.07) is 0. The van der Waals surface area contributed by atoms with Gasteiger partial charge in [0.15, 0.2) is 0 Å². The van der Waals surface area contributed by atoms with Crippen LogP contribution in [0.3, 0.4) is 0 Å². The molecule has 0 rings (SSSR count). The molecule has 0 aromatic heterocycles. The van der Waals surface area contributed by atoms with Gasteiger partial charge in [0.25, 0.3) is 0 Å². The number of unbranched alkanes of at least 4 members (excludes halogenated alkanes) is 1. The van der Waals surface area contributed by atoms with Crippen LogP contribution >= 0.6 is 0 Å². The SMILES string of the molecule is CCCCOCCOCCOCCC(CC)(CC)C(=O)O. The minimum atomic E-state index is -0.725. The zero-order chi connectivity index (χ0) is 16.0. The summed E-state index contributed by atoms with van der Waals surface area (Å²) in [4.78, 5) is 11.3. The van der Waals surface area contributed by atoms with Gasteiger partial charge in [-0.1, -0.05) is 27.2 Å². The second-order valence-electron chi connectivity index (χ2n) is 5.23. The maximum Gasteiger partial charge on any atom is 0.309 e. The fraction of sp³-hybridized carbons (Fsp3) is 0.938. The van der Waals surface area contributed by atoms with Crippen LogP contribution in [-0.4, -0.2) is 50.7 Å². The molecule has 0 aliphatic rings. The quantitative estimate of drug-likeness (QED) is 0.471. The Labute approximate surface area is 129 Å². The van der Waals surface area contributed by atoms with E-state index in [2.05, 4.69) is 6.92 Å². The van der Waals surface area contributed by atoms with Gasteiger partial charge in [0, 0.05) is 13.2 Å². The van der Waals surface area contributed by atoms with E-state index in [-0.39, 0.29) is 0 Å². The van der Waals surface area contributed by atoms with Gasteiger partial charge in [-0.05, 0) is 25.7 Å². The molecule has 0 unspecified atom stereocenters. The maximum absolute atomic E-state index is 11.3. The summed E-state index contributed by atoms with van der Waals surface area (Å²) in [7, 11) is 0. The highest BCUT2D eigenvalue weighted by Gasteiger charge is 2.34. The number of carboxylic acids is 1. The molecule has 126 valence electrons. The molecule has 0 fully saturated rings. The Bertz CT molecular complexity index is 251. The van der Waals surface area contributed by atoms with Crippen LogP contribution in [0, 0.1) is 5.41 Å². The lowest BCUT2D eigenvalue weighted by Crippen LogP contribution is -2.31. The Morgan fingerprint density at radius 3 is 1.76 bits per heavy atom. The second kappa shape index (κ2) is 13.0. The molecule has 0 radical (unpaired) electrons. The van der Waals surface area contributed by atoms with Crippen molar-refractivity contribution in [3.05, 3.63) is 0 Å². The summed E-state index contributed by atoms with van der Waals surface area (Å²) < 4.78 is 16.2. The molecule has 5 heteroatoms. The van der Waals surface area contributed by atoms with Crippen molar-refractivity contribution in [2.24, 2.45) is 5.41 Å². The molecule has 0 atom stereocenters. The monoisotopic (exact) mass is 304 g/mol. The van der Waals surface area contributed by atoms with E-state index in [0.29, 0.717) is 52.3 Å². The molecule has 0 aromatic carbocycles. The Balaban J connectivity index is 3.49. The van der Waals surface area contributed by atoms with Crippen LogP contribution in [0.15, 0.2) is 0 Å². The number of carbonyl (C=O) groups is 1. The standard InChI is InChI=1S/C16H32O5/c1-4-7-9-19-11-13-21-14-12-20-10-8-16(5-2,6-3)15(17)18/h4-14H2,1-3H3,(H,17,18). The molecule has 0 aromatic rings. The number of aliphatic carboxylic acids is 1. The van der Waals surface area contributed by atoms with Gasteiger partial charge < -0.3 is 19.3 Å². The lowest BCUT2D eigenvalue weighted by atomic mass is 9.79. The number of rotatable bonds is 15. The van der Waals surface area contributed by atoms with E-state index in [1.807, 2.05) is 13.8 Å². The smallest absolute Gasteiger partial charge is 0.309 e. The van der Waals surface area contributed by atoms with Crippen LogP contribution < -0.4 is 0 Å². The van der Waals surface area contributed by atoms with E-state index in [4.69, 9.17) is 14.2 Å². The highest BCUT2D eigenvalue weighted by atomic mass is 16.5. The first-order valence-electron chi connectivity index (χ1n) is 8.09. The van der Waals surface area contributed by atoms with Crippen molar-refractivity contribution < 1.29 is 24.1 Å². The summed E-state index contributed by atoms with van der Waals surface area (Å²) in [5.74, 6) is -0.725. The van der Waals surface area contributed by atoms with Gasteiger partial charge in [-0.3, -0.25) is 4.79 Å². The van der Waals surface area contributed by atoms with Crippen LogP contribution in [0.2, 0.25) is 0 Å². The van der Waals surface area contributed by atoms with Gasteiger partial charge in [0.2, 0.25) is 0 Å². The molecule has 0 saturated heterocycles. The average molecular weight is 304 g/mol. The molecule has 0 amide bonds. The van der Waals surface area contributed by atoms with E-state index in [0.717, 1.165) is 19.4 Å². The van der Waals surface area contributed by atoms with Gasteiger partial charge in [-0.25, -0.2) is 0 Å². The zero-order valence-electron chi connectivity index (χ0n) is 13.9. The minimum Gasteiger partial charge on any atom is -0.481 e. The van der Waals surface area contributed by atoms with E-state index in [1.54, 1.807) is 0 Å². The first kappa shape index (κ1) is 20.3. The number of carboxylic acid groups (broad SMARTS) is 1. The largest absolute Gasteiger partial charge is 0.481 e. The first-order chi connectivity index (χ1) is 10.1. The molecule has 21 heavy (non-hydrogen) atoms. The number of ether oxygens (including phenoxy) is 3. The summed E-state index contributed by atoms with van der Waals surface area (Å²) in [5, 5.41) is 9.29. The molecule has 5 nitrogen and oxygen atoms in total. The maximum atomic E-state index is 11.3. The Morgan fingerprint density at radius 1 is 0.857 bits per heavy atom. The van der Waals surface area contributed by atoms with E-state index in [9.17, 15) is 9.90 Å². The fourth-order valence-electron chi connectivity index (χ4n) is 2.07. The number of hydrogen-bond donors (Lipinski definition) is 1. The van der Waals surface area contributed by atoms with Gasteiger partial charge in [-0.2, -0.15) is 0 Å². The van der Waals surface area contributed by atoms with Crippen molar-refractivity contribution in [3.8, 4) is 0 Å². The lowest BCUT2D eigenvalue weighted by molar-refractivity contribution is -0.151. The summed E-state index contributed by atoms with van der Waals surface area (Å²) >= 11 is 0. The van der Waals surface area contributed by atoms with Crippen LogP contribution in [0.1, 0.15) is 52.9 Å². The molecule has 0 aliphatic heterocycles.